The summed E-state index contributed by atoms with van der Waals surface area (Å²) in [5, 5.41) is 17.1. The summed E-state index contributed by atoms with van der Waals surface area (Å²) >= 11 is 2.19. The molecular weight excluding hydrogens is 423 g/mol. The minimum atomic E-state index is -0.504. The molecule has 0 spiro atoms. The second-order valence-electron chi connectivity index (χ2n) is 4.68. The van der Waals surface area contributed by atoms with Crippen molar-refractivity contribution in [3.63, 3.8) is 0 Å². The van der Waals surface area contributed by atoms with Gasteiger partial charge in [0.15, 0.2) is 0 Å². The average molecular weight is 442 g/mol. The predicted octanol–water partition coefficient (Wildman–Crippen LogP) is 2.28. The van der Waals surface area contributed by atoms with Gasteiger partial charge in [0, 0.05) is 28.5 Å². The van der Waals surface area contributed by atoms with E-state index in [-0.39, 0.29) is 5.57 Å². The van der Waals surface area contributed by atoms with Crippen LogP contribution in [0.15, 0.2) is 30.0 Å². The molecule has 24 heavy (non-hydrogen) atoms. The summed E-state index contributed by atoms with van der Waals surface area (Å²) in [4.78, 5) is 23.2. The fraction of sp³-hybridized carbons (Fsp3) is 0.312. The number of benzene rings is 1. The van der Waals surface area contributed by atoms with Crippen molar-refractivity contribution in [3.8, 4) is 6.07 Å². The van der Waals surface area contributed by atoms with Crippen molar-refractivity contribution in [1.82, 2.24) is 10.6 Å². The first-order valence-electron chi connectivity index (χ1n) is 7.29. The van der Waals surface area contributed by atoms with Gasteiger partial charge < -0.3 is 20.7 Å². The SMILES string of the molecule is CCOC(=O)NCCN/C=C(/C#N)C(=O)Nc1ccc(I)cc1C. The predicted molar refractivity (Wildman–Crippen MR) is 99.2 cm³/mol. The summed E-state index contributed by atoms with van der Waals surface area (Å²) in [5.41, 5.74) is 1.52. The van der Waals surface area contributed by atoms with Gasteiger partial charge in [0.1, 0.15) is 11.6 Å². The van der Waals surface area contributed by atoms with Crippen molar-refractivity contribution < 1.29 is 14.3 Å². The van der Waals surface area contributed by atoms with E-state index >= 15 is 0 Å². The van der Waals surface area contributed by atoms with Gasteiger partial charge in [0.05, 0.1) is 6.61 Å². The van der Waals surface area contributed by atoms with Crippen molar-refractivity contribution in [2.75, 3.05) is 25.0 Å². The highest BCUT2D eigenvalue weighted by Crippen LogP contribution is 2.18. The van der Waals surface area contributed by atoms with Crippen molar-refractivity contribution >= 4 is 40.3 Å². The Hall–Kier alpha value is -2.28. The third-order valence-electron chi connectivity index (χ3n) is 2.86. The first-order valence-corrected chi connectivity index (χ1v) is 8.37. The van der Waals surface area contributed by atoms with E-state index in [2.05, 4.69) is 38.5 Å². The van der Waals surface area contributed by atoms with Gasteiger partial charge in [-0.3, -0.25) is 4.79 Å². The number of halogens is 1. The van der Waals surface area contributed by atoms with Gasteiger partial charge in [-0.15, -0.1) is 0 Å². The van der Waals surface area contributed by atoms with Crippen LogP contribution in [0.3, 0.4) is 0 Å². The van der Waals surface area contributed by atoms with Crippen LogP contribution in [0.4, 0.5) is 10.5 Å². The Labute approximate surface area is 154 Å². The lowest BCUT2D eigenvalue weighted by Crippen LogP contribution is -2.31. The molecule has 0 aliphatic heterocycles. The molecule has 0 aliphatic carbocycles. The molecule has 0 aliphatic rings. The summed E-state index contributed by atoms with van der Waals surface area (Å²) < 4.78 is 5.77. The number of nitrogens with zero attached hydrogens (tertiary/aromatic N) is 1. The van der Waals surface area contributed by atoms with Crippen molar-refractivity contribution in [2.24, 2.45) is 0 Å². The molecule has 1 aromatic rings. The number of aryl methyl sites for hydroxylation is 1. The molecule has 0 saturated carbocycles. The average Bonchev–Trinajstić information content (AvgIpc) is 2.53. The third-order valence-corrected chi connectivity index (χ3v) is 3.53. The smallest absolute Gasteiger partial charge is 0.407 e. The van der Waals surface area contributed by atoms with E-state index in [0.717, 1.165) is 9.13 Å². The molecule has 0 saturated heterocycles. The number of hydrogen-bond acceptors (Lipinski definition) is 5. The molecule has 3 N–H and O–H groups in total. The Morgan fingerprint density at radius 1 is 1.38 bits per heavy atom. The maximum atomic E-state index is 12.1. The molecule has 0 unspecified atom stereocenters. The highest BCUT2D eigenvalue weighted by Gasteiger charge is 2.10. The standard InChI is InChI=1S/C16H19IN4O3/c1-3-24-16(23)20-7-6-19-10-12(9-18)15(22)21-14-5-4-13(17)8-11(14)2/h4-5,8,10,19H,3,6-7H2,1-2H3,(H,20,23)(H,21,22)/b12-10-. The minimum Gasteiger partial charge on any atom is -0.450 e. The van der Waals surface area contributed by atoms with E-state index < -0.39 is 12.0 Å². The fourth-order valence-corrected chi connectivity index (χ4v) is 2.35. The second kappa shape index (κ2) is 10.5. The van der Waals surface area contributed by atoms with Crippen molar-refractivity contribution in [2.45, 2.75) is 13.8 Å². The largest absolute Gasteiger partial charge is 0.450 e. The van der Waals surface area contributed by atoms with Crippen LogP contribution in [0.2, 0.25) is 0 Å². The normalized spacial score (nSPS) is 10.5. The quantitative estimate of drug-likeness (QED) is 0.260. The van der Waals surface area contributed by atoms with Gasteiger partial charge in [-0.1, -0.05) is 0 Å². The first-order chi connectivity index (χ1) is 11.5. The Morgan fingerprint density at radius 2 is 2.12 bits per heavy atom. The molecule has 0 radical (unpaired) electrons. The summed E-state index contributed by atoms with van der Waals surface area (Å²) in [6, 6.07) is 7.45. The highest BCUT2D eigenvalue weighted by molar-refractivity contribution is 14.1. The summed E-state index contributed by atoms with van der Waals surface area (Å²) in [7, 11) is 0. The topological polar surface area (TPSA) is 103 Å². The van der Waals surface area contributed by atoms with Gasteiger partial charge in [-0.05, 0) is 60.2 Å². The highest BCUT2D eigenvalue weighted by atomic mass is 127. The summed E-state index contributed by atoms with van der Waals surface area (Å²) in [5.74, 6) is -0.493. The zero-order chi connectivity index (χ0) is 17.9. The molecular formula is C16H19IN4O3. The molecule has 1 aromatic carbocycles. The van der Waals surface area contributed by atoms with Crippen molar-refractivity contribution in [1.29, 1.82) is 5.26 Å². The van der Waals surface area contributed by atoms with Crippen molar-refractivity contribution in [3.05, 3.63) is 39.1 Å². The van der Waals surface area contributed by atoms with Crippen LogP contribution in [-0.2, 0) is 9.53 Å². The van der Waals surface area contributed by atoms with E-state index in [1.54, 1.807) is 13.0 Å². The molecule has 0 bridgehead atoms. The lowest BCUT2D eigenvalue weighted by molar-refractivity contribution is -0.112. The van der Waals surface area contributed by atoms with Gasteiger partial charge in [-0.2, -0.15) is 5.26 Å². The van der Waals surface area contributed by atoms with Crippen LogP contribution in [0, 0.1) is 21.8 Å². The Balaban J connectivity index is 2.51. The molecule has 8 heteroatoms. The monoisotopic (exact) mass is 442 g/mol. The molecule has 128 valence electrons. The van der Waals surface area contributed by atoms with Gasteiger partial charge in [0.2, 0.25) is 0 Å². The maximum absolute atomic E-state index is 12.1. The lowest BCUT2D eigenvalue weighted by atomic mass is 10.2. The van der Waals surface area contributed by atoms with E-state index in [1.807, 2.05) is 25.1 Å². The van der Waals surface area contributed by atoms with E-state index in [1.165, 1.54) is 6.20 Å². The van der Waals surface area contributed by atoms with Gasteiger partial charge in [0.25, 0.3) is 5.91 Å². The fourth-order valence-electron chi connectivity index (χ4n) is 1.70. The lowest BCUT2D eigenvalue weighted by Gasteiger charge is -2.08. The van der Waals surface area contributed by atoms with E-state index in [9.17, 15) is 9.59 Å². The Bertz CT molecular complexity index is 668. The number of anilines is 1. The number of rotatable bonds is 7. The number of carbonyl (C=O) groups is 2. The molecule has 0 fully saturated rings. The van der Waals surface area contributed by atoms with Crippen LogP contribution in [0.1, 0.15) is 12.5 Å². The molecule has 0 atom stereocenters. The molecule has 1 rings (SSSR count). The molecule has 7 nitrogen and oxygen atoms in total. The zero-order valence-electron chi connectivity index (χ0n) is 13.5. The molecule has 0 heterocycles. The zero-order valence-corrected chi connectivity index (χ0v) is 15.6. The number of ether oxygens (including phenoxy) is 1. The summed E-state index contributed by atoms with van der Waals surface area (Å²) in [6.45, 7) is 4.57. The van der Waals surface area contributed by atoms with Crippen LogP contribution >= 0.6 is 22.6 Å². The number of amides is 2. The van der Waals surface area contributed by atoms with Crippen LogP contribution in [-0.4, -0.2) is 31.7 Å². The van der Waals surface area contributed by atoms with Crippen LogP contribution in [0.5, 0.6) is 0 Å². The van der Waals surface area contributed by atoms with E-state index in [4.69, 9.17) is 10.00 Å². The third kappa shape index (κ3) is 6.87. The Kier molecular flexibility index (Phi) is 8.64. The number of nitrogens with one attached hydrogen (secondary N) is 3. The minimum absolute atomic E-state index is 0.0518. The van der Waals surface area contributed by atoms with Crippen LogP contribution in [0.25, 0.3) is 0 Å². The summed E-state index contributed by atoms with van der Waals surface area (Å²) in [6.07, 6.45) is 0.820. The second-order valence-corrected chi connectivity index (χ2v) is 5.93. The maximum Gasteiger partial charge on any atom is 0.407 e. The number of nitriles is 1. The number of hydrogen-bond donors (Lipinski definition) is 3. The number of carbonyl (C=O) groups excluding carboxylic acids is 2. The van der Waals surface area contributed by atoms with Crippen LogP contribution < -0.4 is 16.0 Å². The molecule has 2 amide bonds. The van der Waals surface area contributed by atoms with E-state index in [0.29, 0.717) is 25.4 Å². The van der Waals surface area contributed by atoms with Gasteiger partial charge >= 0.3 is 6.09 Å². The number of alkyl carbamates (subject to hydrolysis) is 1. The molecule has 0 aromatic heterocycles. The first kappa shape index (κ1) is 19.8. The Morgan fingerprint density at radius 3 is 2.75 bits per heavy atom. The van der Waals surface area contributed by atoms with Gasteiger partial charge in [-0.25, -0.2) is 4.79 Å².